The van der Waals surface area contributed by atoms with Gasteiger partial charge in [0.15, 0.2) is 0 Å². The summed E-state index contributed by atoms with van der Waals surface area (Å²) in [5.41, 5.74) is 3.07. The Kier molecular flexibility index (Phi) is 4.75. The molecule has 3 heterocycles. The van der Waals surface area contributed by atoms with E-state index >= 15 is 0 Å². The average molecular weight is 359 g/mol. The van der Waals surface area contributed by atoms with Crippen LogP contribution in [0.1, 0.15) is 36.3 Å². The van der Waals surface area contributed by atoms with Crippen molar-refractivity contribution >= 4 is 11.3 Å². The van der Waals surface area contributed by atoms with Crippen LogP contribution in [0.5, 0.6) is 5.88 Å². The molecule has 0 amide bonds. The van der Waals surface area contributed by atoms with E-state index in [4.69, 9.17) is 9.47 Å². The molecular weight excluding hydrogens is 334 g/mol. The largest absolute Gasteiger partial charge is 0.474 e. The highest BCUT2D eigenvalue weighted by atomic mass is 32.1. The van der Waals surface area contributed by atoms with Gasteiger partial charge < -0.3 is 9.47 Å². The van der Waals surface area contributed by atoms with Crippen LogP contribution in [0, 0.1) is 6.92 Å². The van der Waals surface area contributed by atoms with Crippen LogP contribution in [0.2, 0.25) is 0 Å². The van der Waals surface area contributed by atoms with Crippen molar-refractivity contribution in [3.63, 3.8) is 0 Å². The van der Waals surface area contributed by atoms with E-state index in [0.29, 0.717) is 6.04 Å². The Balaban J connectivity index is 1.49. The molecule has 0 N–H and O–H groups in total. The highest BCUT2D eigenvalue weighted by Crippen LogP contribution is 2.44. The molecule has 0 radical (unpaired) electrons. The third kappa shape index (κ3) is 3.30. The summed E-state index contributed by atoms with van der Waals surface area (Å²) in [4.78, 5) is 12.6. The van der Waals surface area contributed by atoms with Crippen molar-refractivity contribution in [2.75, 3.05) is 13.7 Å². The third-order valence-corrected chi connectivity index (χ3v) is 6.69. The van der Waals surface area contributed by atoms with Crippen LogP contribution in [0.4, 0.5) is 0 Å². The van der Waals surface area contributed by atoms with Crippen LogP contribution >= 0.6 is 11.3 Å². The fourth-order valence-electron chi connectivity index (χ4n) is 4.30. The maximum Gasteiger partial charge on any atom is 0.213 e. The molecule has 5 nitrogen and oxygen atoms in total. The fourth-order valence-corrected chi connectivity index (χ4v) is 5.10. The highest BCUT2D eigenvalue weighted by molar-refractivity contribution is 7.09. The number of hydrogen-bond acceptors (Lipinski definition) is 6. The van der Waals surface area contributed by atoms with Crippen molar-refractivity contribution < 1.29 is 9.47 Å². The summed E-state index contributed by atoms with van der Waals surface area (Å²) >= 11 is 1.75. The molecule has 2 aromatic rings. The molecule has 1 saturated carbocycles. The minimum atomic E-state index is -0.0252. The molecule has 0 aromatic carbocycles. The van der Waals surface area contributed by atoms with Gasteiger partial charge in [-0.1, -0.05) is 6.07 Å². The second-order valence-electron chi connectivity index (χ2n) is 7.05. The summed E-state index contributed by atoms with van der Waals surface area (Å²) in [6.45, 7) is 4.13. The summed E-state index contributed by atoms with van der Waals surface area (Å²) in [5, 5.41) is 0. The van der Waals surface area contributed by atoms with Gasteiger partial charge in [-0.3, -0.25) is 4.90 Å². The number of ether oxygens (including phenoxy) is 2. The average Bonchev–Trinajstić information content (AvgIpc) is 3.21. The van der Waals surface area contributed by atoms with Gasteiger partial charge in [-0.2, -0.15) is 0 Å². The third-order valence-electron chi connectivity index (χ3n) is 5.77. The van der Waals surface area contributed by atoms with E-state index in [0.717, 1.165) is 50.3 Å². The van der Waals surface area contributed by atoms with Crippen LogP contribution in [0.3, 0.4) is 0 Å². The lowest BCUT2D eigenvalue weighted by atomic mass is 9.79. The molecule has 2 aromatic heterocycles. The highest BCUT2D eigenvalue weighted by Gasteiger charge is 2.51. The number of methoxy groups -OCH3 is 1. The van der Waals surface area contributed by atoms with E-state index in [2.05, 4.69) is 21.8 Å². The first-order valence-electron chi connectivity index (χ1n) is 8.96. The van der Waals surface area contributed by atoms with Gasteiger partial charge in [-0.15, -0.1) is 11.3 Å². The second kappa shape index (κ2) is 7.02. The Morgan fingerprint density at radius 3 is 2.96 bits per heavy atom. The predicted octanol–water partition coefficient (Wildman–Crippen LogP) is 3.44. The molecule has 0 unspecified atom stereocenters. The van der Waals surface area contributed by atoms with Crippen LogP contribution < -0.4 is 4.74 Å². The normalized spacial score (nSPS) is 29.5. The number of thiazole rings is 1. The lowest BCUT2D eigenvalue weighted by Gasteiger charge is -2.43. The van der Waals surface area contributed by atoms with Crippen LogP contribution in [-0.2, 0) is 11.3 Å². The van der Waals surface area contributed by atoms with Gasteiger partial charge in [-0.05, 0) is 32.3 Å². The number of nitrogens with zero attached hydrogens (tertiary/aromatic N) is 3. The summed E-state index contributed by atoms with van der Waals surface area (Å²) in [5.74, 6) is 0.722. The first kappa shape index (κ1) is 16.9. The molecule has 0 spiro atoms. The maximum atomic E-state index is 6.16. The zero-order valence-corrected chi connectivity index (χ0v) is 15.7. The topological polar surface area (TPSA) is 47.5 Å². The van der Waals surface area contributed by atoms with E-state index in [-0.39, 0.29) is 11.7 Å². The van der Waals surface area contributed by atoms with Gasteiger partial charge in [0.2, 0.25) is 5.88 Å². The molecule has 3 atom stereocenters. The minimum absolute atomic E-state index is 0.0252. The first-order chi connectivity index (χ1) is 12.2. The number of pyridine rings is 1. The summed E-state index contributed by atoms with van der Waals surface area (Å²) < 4.78 is 12.2. The molecule has 6 heteroatoms. The molecule has 25 heavy (non-hydrogen) atoms. The smallest absolute Gasteiger partial charge is 0.213 e. The Labute approximate surface area is 153 Å². The standard InChI is InChI=1S/C19H25N3O2S/c1-14-16(25-13-21-14)12-22-10-8-19(23-2)7-6-15(11-17(19)22)24-18-5-3-4-9-20-18/h3-5,9,13,15,17H,6-8,10-12H2,1-2H3/t15-,17+,19-/m1/s1. The van der Waals surface area contributed by atoms with Gasteiger partial charge in [0.05, 0.1) is 16.8 Å². The van der Waals surface area contributed by atoms with E-state index < -0.39 is 0 Å². The van der Waals surface area contributed by atoms with E-state index in [1.54, 1.807) is 17.5 Å². The number of rotatable bonds is 5. The second-order valence-corrected chi connectivity index (χ2v) is 7.99. The number of aromatic nitrogens is 2. The maximum absolute atomic E-state index is 6.16. The first-order valence-corrected chi connectivity index (χ1v) is 9.84. The van der Waals surface area contributed by atoms with Gasteiger partial charge in [0, 0.05) is 49.8 Å². The Bertz CT molecular complexity index is 708. The van der Waals surface area contributed by atoms with Crippen molar-refractivity contribution in [3.8, 4) is 5.88 Å². The van der Waals surface area contributed by atoms with Gasteiger partial charge in [0.25, 0.3) is 0 Å². The SMILES string of the molecule is CO[C@@]12CC[C@@H](Oc3ccccn3)C[C@@H]1N(Cc1scnc1C)CC2. The molecule has 134 valence electrons. The number of fused-ring (bicyclic) bond motifs is 1. The minimum Gasteiger partial charge on any atom is -0.474 e. The van der Waals surface area contributed by atoms with Crippen molar-refractivity contribution in [2.24, 2.45) is 0 Å². The lowest BCUT2D eigenvalue weighted by Crippen LogP contribution is -2.52. The van der Waals surface area contributed by atoms with E-state index in [1.807, 2.05) is 30.8 Å². The molecule has 2 aliphatic rings. The molecule has 1 aliphatic heterocycles. The van der Waals surface area contributed by atoms with Crippen molar-refractivity contribution in [2.45, 2.75) is 56.9 Å². The number of likely N-dealkylation sites (tertiary alicyclic amines) is 1. The molecule has 2 fully saturated rings. The lowest BCUT2D eigenvalue weighted by molar-refractivity contribution is -0.0842. The zero-order chi connectivity index (χ0) is 17.3. The molecule has 1 aliphatic carbocycles. The Morgan fingerprint density at radius 2 is 2.24 bits per heavy atom. The van der Waals surface area contributed by atoms with Crippen LogP contribution in [0.25, 0.3) is 0 Å². The fraction of sp³-hybridized carbons (Fsp3) is 0.579. The van der Waals surface area contributed by atoms with E-state index in [9.17, 15) is 0 Å². The van der Waals surface area contributed by atoms with Crippen molar-refractivity contribution in [3.05, 3.63) is 40.5 Å². The summed E-state index contributed by atoms with van der Waals surface area (Å²) in [6.07, 6.45) is 6.14. The molecular formula is C19H25N3O2S. The van der Waals surface area contributed by atoms with Crippen molar-refractivity contribution in [1.82, 2.24) is 14.9 Å². The van der Waals surface area contributed by atoms with Crippen LogP contribution in [0.15, 0.2) is 29.9 Å². The summed E-state index contributed by atoms with van der Waals surface area (Å²) in [7, 11) is 1.87. The van der Waals surface area contributed by atoms with Gasteiger partial charge in [0.1, 0.15) is 6.10 Å². The quantitative estimate of drug-likeness (QED) is 0.818. The number of hydrogen-bond donors (Lipinski definition) is 0. The van der Waals surface area contributed by atoms with Gasteiger partial charge >= 0.3 is 0 Å². The monoisotopic (exact) mass is 359 g/mol. The predicted molar refractivity (Wildman–Crippen MR) is 97.9 cm³/mol. The Hall–Kier alpha value is -1.50. The zero-order valence-electron chi connectivity index (χ0n) is 14.9. The summed E-state index contributed by atoms with van der Waals surface area (Å²) in [6, 6.07) is 6.21. The number of aryl methyl sites for hydroxylation is 1. The van der Waals surface area contributed by atoms with Crippen molar-refractivity contribution in [1.29, 1.82) is 0 Å². The van der Waals surface area contributed by atoms with Crippen LogP contribution in [-0.4, -0.2) is 46.3 Å². The van der Waals surface area contributed by atoms with Gasteiger partial charge in [-0.25, -0.2) is 9.97 Å². The Morgan fingerprint density at radius 1 is 1.32 bits per heavy atom. The molecule has 4 rings (SSSR count). The molecule has 0 bridgehead atoms. The van der Waals surface area contributed by atoms with E-state index in [1.165, 1.54) is 4.88 Å². The molecule has 1 saturated heterocycles.